The van der Waals surface area contributed by atoms with Crippen molar-refractivity contribution in [3.8, 4) is 0 Å². The van der Waals surface area contributed by atoms with E-state index in [0.29, 0.717) is 6.04 Å². The highest BCUT2D eigenvalue weighted by Gasteiger charge is 2.18. The fourth-order valence-corrected chi connectivity index (χ4v) is 2.04. The maximum Gasteiger partial charge on any atom is 0.0541 e. The molecule has 0 amide bonds. The lowest BCUT2D eigenvalue weighted by molar-refractivity contribution is 0.116. The van der Waals surface area contributed by atoms with Gasteiger partial charge in [-0.1, -0.05) is 6.07 Å². The van der Waals surface area contributed by atoms with Crippen molar-refractivity contribution in [2.45, 2.75) is 44.4 Å². The molecule has 0 saturated heterocycles. The Kier molecular flexibility index (Phi) is 3.69. The summed E-state index contributed by atoms with van der Waals surface area (Å²) in [6, 6.07) is 4.60. The van der Waals surface area contributed by atoms with E-state index in [0.717, 1.165) is 32.2 Å². The highest BCUT2D eigenvalue weighted by Crippen LogP contribution is 2.18. The minimum Gasteiger partial charge on any atom is -0.393 e. The molecular weight excluding hydrogens is 188 g/mol. The summed E-state index contributed by atoms with van der Waals surface area (Å²) in [5.74, 6) is 0. The number of hydrogen-bond donors (Lipinski definition) is 2. The topological polar surface area (TPSA) is 45.1 Å². The second-order valence-electron chi connectivity index (χ2n) is 4.25. The van der Waals surface area contributed by atoms with Crippen molar-refractivity contribution in [1.29, 1.82) is 0 Å². The predicted molar refractivity (Wildman–Crippen MR) is 59.3 cm³/mol. The molecule has 0 spiro atoms. The predicted octanol–water partition coefficient (Wildman–Crippen LogP) is 1.47. The van der Waals surface area contributed by atoms with Crippen molar-refractivity contribution < 1.29 is 5.11 Å². The van der Waals surface area contributed by atoms with Gasteiger partial charge in [-0.3, -0.25) is 4.98 Å². The van der Waals surface area contributed by atoms with Gasteiger partial charge in [-0.2, -0.15) is 0 Å². The van der Waals surface area contributed by atoms with Crippen LogP contribution in [0.2, 0.25) is 0 Å². The first kappa shape index (κ1) is 10.6. The monoisotopic (exact) mass is 206 g/mol. The molecule has 0 radical (unpaired) electrons. The summed E-state index contributed by atoms with van der Waals surface area (Å²) >= 11 is 0. The van der Waals surface area contributed by atoms with Crippen LogP contribution in [0.3, 0.4) is 0 Å². The van der Waals surface area contributed by atoms with Crippen molar-refractivity contribution in [3.63, 3.8) is 0 Å². The zero-order valence-corrected chi connectivity index (χ0v) is 8.89. The number of rotatable bonds is 3. The number of hydrogen-bond acceptors (Lipinski definition) is 3. The normalized spacial score (nSPS) is 26.5. The third-order valence-electron chi connectivity index (χ3n) is 3.01. The van der Waals surface area contributed by atoms with Crippen LogP contribution in [-0.4, -0.2) is 22.2 Å². The van der Waals surface area contributed by atoms with Crippen molar-refractivity contribution in [1.82, 2.24) is 10.3 Å². The lowest BCUT2D eigenvalue weighted by atomic mass is 9.93. The standard InChI is InChI=1S/C12H18N2O/c15-12-5-3-11(4-6-12)14-9-10-2-1-7-13-8-10/h1-2,7-8,11-12,14-15H,3-6,9H2. The highest BCUT2D eigenvalue weighted by atomic mass is 16.3. The Hall–Kier alpha value is -0.930. The van der Waals surface area contributed by atoms with E-state index >= 15 is 0 Å². The van der Waals surface area contributed by atoms with Crippen LogP contribution < -0.4 is 5.32 Å². The van der Waals surface area contributed by atoms with Crippen LogP contribution in [0.25, 0.3) is 0 Å². The minimum atomic E-state index is -0.0681. The van der Waals surface area contributed by atoms with Gasteiger partial charge in [0, 0.05) is 25.0 Å². The summed E-state index contributed by atoms with van der Waals surface area (Å²) < 4.78 is 0. The van der Waals surface area contributed by atoms with E-state index in [1.165, 1.54) is 5.56 Å². The van der Waals surface area contributed by atoms with Crippen LogP contribution in [0.5, 0.6) is 0 Å². The molecule has 1 aliphatic rings. The van der Waals surface area contributed by atoms with Crippen molar-refractivity contribution >= 4 is 0 Å². The summed E-state index contributed by atoms with van der Waals surface area (Å²) in [7, 11) is 0. The number of nitrogens with zero attached hydrogens (tertiary/aromatic N) is 1. The molecule has 0 unspecified atom stereocenters. The van der Waals surface area contributed by atoms with E-state index in [2.05, 4.69) is 16.4 Å². The molecule has 0 bridgehead atoms. The van der Waals surface area contributed by atoms with Gasteiger partial charge < -0.3 is 10.4 Å². The molecular formula is C12H18N2O. The number of nitrogens with one attached hydrogen (secondary N) is 1. The van der Waals surface area contributed by atoms with Crippen LogP contribution in [0.15, 0.2) is 24.5 Å². The van der Waals surface area contributed by atoms with Crippen molar-refractivity contribution in [2.24, 2.45) is 0 Å². The molecule has 0 atom stereocenters. The smallest absolute Gasteiger partial charge is 0.0541 e. The van der Waals surface area contributed by atoms with Gasteiger partial charge in [-0.05, 0) is 37.3 Å². The Morgan fingerprint density at radius 3 is 2.80 bits per heavy atom. The van der Waals surface area contributed by atoms with Gasteiger partial charge in [-0.25, -0.2) is 0 Å². The number of pyridine rings is 1. The van der Waals surface area contributed by atoms with Crippen LogP contribution in [0.4, 0.5) is 0 Å². The minimum absolute atomic E-state index is 0.0681. The molecule has 0 aromatic carbocycles. The quantitative estimate of drug-likeness (QED) is 0.787. The van der Waals surface area contributed by atoms with Crippen molar-refractivity contribution in [3.05, 3.63) is 30.1 Å². The summed E-state index contributed by atoms with van der Waals surface area (Å²) in [6.07, 6.45) is 7.66. The average molecular weight is 206 g/mol. The molecule has 1 saturated carbocycles. The third kappa shape index (κ3) is 3.29. The maximum atomic E-state index is 9.37. The SMILES string of the molecule is OC1CCC(NCc2cccnc2)CC1. The van der Waals surface area contributed by atoms with Gasteiger partial charge in [0.2, 0.25) is 0 Å². The first-order chi connectivity index (χ1) is 7.34. The molecule has 82 valence electrons. The molecule has 1 fully saturated rings. The first-order valence-corrected chi connectivity index (χ1v) is 5.65. The second-order valence-corrected chi connectivity index (χ2v) is 4.25. The molecule has 0 aliphatic heterocycles. The fraction of sp³-hybridized carbons (Fsp3) is 0.583. The molecule has 1 aliphatic carbocycles. The number of aromatic nitrogens is 1. The summed E-state index contributed by atoms with van der Waals surface area (Å²) in [5.41, 5.74) is 1.23. The van der Waals surface area contributed by atoms with Gasteiger partial charge in [0.1, 0.15) is 0 Å². The van der Waals surface area contributed by atoms with Crippen molar-refractivity contribution in [2.75, 3.05) is 0 Å². The van der Waals surface area contributed by atoms with E-state index in [-0.39, 0.29) is 6.10 Å². The van der Waals surface area contributed by atoms with E-state index in [1.54, 1.807) is 6.20 Å². The Morgan fingerprint density at radius 2 is 2.13 bits per heavy atom. The molecule has 1 aromatic rings. The largest absolute Gasteiger partial charge is 0.393 e. The molecule has 3 heteroatoms. The van der Waals surface area contributed by atoms with Gasteiger partial charge >= 0.3 is 0 Å². The molecule has 2 rings (SSSR count). The zero-order chi connectivity index (χ0) is 10.5. The first-order valence-electron chi connectivity index (χ1n) is 5.65. The molecule has 1 aromatic heterocycles. The number of aliphatic hydroxyl groups is 1. The maximum absolute atomic E-state index is 9.37. The zero-order valence-electron chi connectivity index (χ0n) is 8.89. The Morgan fingerprint density at radius 1 is 1.33 bits per heavy atom. The van der Waals surface area contributed by atoms with E-state index in [4.69, 9.17) is 0 Å². The average Bonchev–Trinajstić information content (AvgIpc) is 2.30. The van der Waals surface area contributed by atoms with Crippen LogP contribution in [-0.2, 0) is 6.54 Å². The van der Waals surface area contributed by atoms with Crippen LogP contribution in [0, 0.1) is 0 Å². The molecule has 3 nitrogen and oxygen atoms in total. The van der Waals surface area contributed by atoms with Crippen LogP contribution in [0.1, 0.15) is 31.2 Å². The van der Waals surface area contributed by atoms with Gasteiger partial charge in [-0.15, -0.1) is 0 Å². The van der Waals surface area contributed by atoms with Crippen LogP contribution >= 0.6 is 0 Å². The highest BCUT2D eigenvalue weighted by molar-refractivity contribution is 5.08. The lowest BCUT2D eigenvalue weighted by Gasteiger charge is -2.26. The van der Waals surface area contributed by atoms with Gasteiger partial charge in [0.05, 0.1) is 6.10 Å². The summed E-state index contributed by atoms with van der Waals surface area (Å²) in [6.45, 7) is 0.884. The lowest BCUT2D eigenvalue weighted by Crippen LogP contribution is -2.34. The fourth-order valence-electron chi connectivity index (χ4n) is 2.04. The second kappa shape index (κ2) is 5.24. The molecule has 15 heavy (non-hydrogen) atoms. The molecule has 2 N–H and O–H groups in total. The summed E-state index contributed by atoms with van der Waals surface area (Å²) in [4.78, 5) is 4.08. The van der Waals surface area contributed by atoms with E-state index < -0.39 is 0 Å². The number of aliphatic hydroxyl groups excluding tert-OH is 1. The Bertz CT molecular complexity index is 281. The summed E-state index contributed by atoms with van der Waals surface area (Å²) in [5, 5.41) is 12.9. The van der Waals surface area contributed by atoms with Gasteiger partial charge in [0.25, 0.3) is 0 Å². The van der Waals surface area contributed by atoms with E-state index in [1.807, 2.05) is 12.3 Å². The van der Waals surface area contributed by atoms with E-state index in [9.17, 15) is 5.11 Å². The Labute approximate surface area is 90.5 Å². The van der Waals surface area contributed by atoms with Gasteiger partial charge in [0.15, 0.2) is 0 Å². The third-order valence-corrected chi connectivity index (χ3v) is 3.01. The molecule has 1 heterocycles. The Balaban J connectivity index is 1.74.